The summed E-state index contributed by atoms with van der Waals surface area (Å²) in [7, 11) is 0. The van der Waals surface area contributed by atoms with Crippen molar-refractivity contribution < 1.29 is 0 Å². The molecule has 0 N–H and O–H groups in total. The molecule has 0 bridgehead atoms. The molecule has 66 valence electrons. The predicted molar refractivity (Wildman–Crippen MR) is 51.6 cm³/mol. The molecule has 0 radical (unpaired) electrons. The van der Waals surface area contributed by atoms with Gasteiger partial charge in [-0.1, -0.05) is 0 Å². The van der Waals surface area contributed by atoms with Crippen molar-refractivity contribution in [2.24, 2.45) is 0 Å². The Balaban J connectivity index is 2.41. The quantitative estimate of drug-likeness (QED) is 0.761. The molecule has 0 aromatic carbocycles. The standard InChI is InChI=1S/C8H7BrN4/c1-6-2-12-13(5-6)8-10-3-7(9)4-11-8/h2-5H,1H3. The van der Waals surface area contributed by atoms with Crippen molar-refractivity contribution in [3.05, 3.63) is 34.8 Å². The summed E-state index contributed by atoms with van der Waals surface area (Å²) in [6, 6.07) is 0. The van der Waals surface area contributed by atoms with Crippen LogP contribution in [0.4, 0.5) is 0 Å². The number of nitrogens with zero attached hydrogens (tertiary/aromatic N) is 4. The van der Waals surface area contributed by atoms with Crippen LogP contribution in [0.25, 0.3) is 5.95 Å². The van der Waals surface area contributed by atoms with Crippen LogP contribution in [0.15, 0.2) is 29.3 Å². The molecular formula is C8H7BrN4. The zero-order chi connectivity index (χ0) is 9.26. The first-order chi connectivity index (χ1) is 6.25. The third kappa shape index (κ3) is 1.75. The van der Waals surface area contributed by atoms with Crippen molar-refractivity contribution in [2.45, 2.75) is 6.92 Å². The molecule has 0 fully saturated rings. The maximum absolute atomic E-state index is 4.10. The molecule has 0 aliphatic heterocycles. The fourth-order valence-electron chi connectivity index (χ4n) is 0.946. The van der Waals surface area contributed by atoms with Gasteiger partial charge in [0.1, 0.15) is 0 Å². The number of hydrogen-bond donors (Lipinski definition) is 0. The van der Waals surface area contributed by atoms with E-state index < -0.39 is 0 Å². The first kappa shape index (κ1) is 8.37. The number of aromatic nitrogens is 4. The lowest BCUT2D eigenvalue weighted by atomic mass is 10.4. The average Bonchev–Trinajstić information content (AvgIpc) is 2.53. The second-order valence-corrected chi connectivity index (χ2v) is 3.58. The maximum atomic E-state index is 4.10. The highest BCUT2D eigenvalue weighted by molar-refractivity contribution is 9.10. The topological polar surface area (TPSA) is 43.6 Å². The molecular weight excluding hydrogens is 232 g/mol. The predicted octanol–water partition coefficient (Wildman–Crippen LogP) is 1.73. The molecule has 4 nitrogen and oxygen atoms in total. The highest BCUT2D eigenvalue weighted by atomic mass is 79.9. The van der Waals surface area contributed by atoms with Gasteiger partial charge < -0.3 is 0 Å². The van der Waals surface area contributed by atoms with E-state index in [1.54, 1.807) is 23.3 Å². The summed E-state index contributed by atoms with van der Waals surface area (Å²) < 4.78 is 2.50. The van der Waals surface area contributed by atoms with Crippen LogP contribution in [0.5, 0.6) is 0 Å². The fraction of sp³-hybridized carbons (Fsp3) is 0.125. The van der Waals surface area contributed by atoms with Gasteiger partial charge in [0.2, 0.25) is 0 Å². The first-order valence-electron chi connectivity index (χ1n) is 3.75. The zero-order valence-corrected chi connectivity index (χ0v) is 8.56. The van der Waals surface area contributed by atoms with E-state index in [4.69, 9.17) is 0 Å². The molecule has 2 rings (SSSR count). The second kappa shape index (κ2) is 3.26. The van der Waals surface area contributed by atoms with Gasteiger partial charge in [0, 0.05) is 18.6 Å². The van der Waals surface area contributed by atoms with Crippen LogP contribution in [0.2, 0.25) is 0 Å². The minimum absolute atomic E-state index is 0.580. The lowest BCUT2D eigenvalue weighted by molar-refractivity contribution is 0.806. The normalized spacial score (nSPS) is 10.3. The van der Waals surface area contributed by atoms with E-state index in [-0.39, 0.29) is 0 Å². The number of rotatable bonds is 1. The van der Waals surface area contributed by atoms with Gasteiger partial charge in [0.25, 0.3) is 5.95 Å². The molecule has 2 aromatic heterocycles. The van der Waals surface area contributed by atoms with Crippen LogP contribution >= 0.6 is 15.9 Å². The number of aryl methyl sites for hydroxylation is 1. The molecule has 0 atom stereocenters. The van der Waals surface area contributed by atoms with Crippen molar-refractivity contribution in [1.82, 2.24) is 19.7 Å². The Kier molecular flexibility index (Phi) is 2.10. The van der Waals surface area contributed by atoms with Crippen molar-refractivity contribution in [3.63, 3.8) is 0 Å². The van der Waals surface area contributed by atoms with Crippen molar-refractivity contribution >= 4 is 15.9 Å². The monoisotopic (exact) mass is 238 g/mol. The fourth-order valence-corrected chi connectivity index (χ4v) is 1.15. The molecule has 0 saturated carbocycles. The van der Waals surface area contributed by atoms with Gasteiger partial charge in [-0.3, -0.25) is 0 Å². The average molecular weight is 239 g/mol. The zero-order valence-electron chi connectivity index (χ0n) is 6.98. The molecule has 0 saturated heterocycles. The van der Waals surface area contributed by atoms with Gasteiger partial charge in [-0.2, -0.15) is 5.10 Å². The summed E-state index contributed by atoms with van der Waals surface area (Å²) in [4.78, 5) is 8.21. The maximum Gasteiger partial charge on any atom is 0.250 e. The van der Waals surface area contributed by atoms with Gasteiger partial charge in [-0.05, 0) is 28.4 Å². The lowest BCUT2D eigenvalue weighted by Gasteiger charge is -1.97. The smallest absolute Gasteiger partial charge is 0.218 e. The summed E-state index contributed by atoms with van der Waals surface area (Å²) in [6.45, 7) is 1.97. The summed E-state index contributed by atoms with van der Waals surface area (Å²) in [5.41, 5.74) is 1.09. The van der Waals surface area contributed by atoms with E-state index >= 15 is 0 Å². The van der Waals surface area contributed by atoms with Crippen LogP contribution in [0.1, 0.15) is 5.56 Å². The van der Waals surface area contributed by atoms with Crippen LogP contribution in [-0.4, -0.2) is 19.7 Å². The summed E-state index contributed by atoms with van der Waals surface area (Å²) in [6.07, 6.45) is 7.04. The molecule has 0 unspecified atom stereocenters. The lowest BCUT2D eigenvalue weighted by Crippen LogP contribution is -2.00. The summed E-state index contributed by atoms with van der Waals surface area (Å²) >= 11 is 3.27. The molecule has 2 aromatic rings. The second-order valence-electron chi connectivity index (χ2n) is 2.66. The van der Waals surface area contributed by atoms with E-state index in [9.17, 15) is 0 Å². The Morgan fingerprint density at radius 2 is 1.92 bits per heavy atom. The molecule has 0 spiro atoms. The Labute approximate surface area is 83.8 Å². The third-order valence-electron chi connectivity index (χ3n) is 1.52. The Hall–Kier alpha value is -1.23. The summed E-state index contributed by atoms with van der Waals surface area (Å²) in [5.74, 6) is 0.580. The van der Waals surface area contributed by atoms with Gasteiger partial charge in [0.15, 0.2) is 0 Å². The van der Waals surface area contributed by atoms with Crippen molar-refractivity contribution in [2.75, 3.05) is 0 Å². The molecule has 0 aliphatic carbocycles. The molecule has 0 aliphatic rings. The highest BCUT2D eigenvalue weighted by Crippen LogP contribution is 2.07. The van der Waals surface area contributed by atoms with E-state index in [0.717, 1.165) is 10.0 Å². The Morgan fingerprint density at radius 1 is 1.23 bits per heavy atom. The van der Waals surface area contributed by atoms with E-state index in [1.165, 1.54) is 0 Å². The van der Waals surface area contributed by atoms with Crippen molar-refractivity contribution in [1.29, 1.82) is 0 Å². The van der Waals surface area contributed by atoms with E-state index in [2.05, 4.69) is 31.0 Å². The van der Waals surface area contributed by atoms with Gasteiger partial charge in [-0.25, -0.2) is 14.6 Å². The Morgan fingerprint density at radius 3 is 2.46 bits per heavy atom. The minimum Gasteiger partial charge on any atom is -0.218 e. The van der Waals surface area contributed by atoms with E-state index in [1.807, 2.05) is 13.1 Å². The number of hydrogen-bond acceptors (Lipinski definition) is 3. The molecule has 13 heavy (non-hydrogen) atoms. The van der Waals surface area contributed by atoms with Gasteiger partial charge >= 0.3 is 0 Å². The van der Waals surface area contributed by atoms with Crippen LogP contribution in [-0.2, 0) is 0 Å². The van der Waals surface area contributed by atoms with Gasteiger partial charge in [-0.15, -0.1) is 0 Å². The molecule has 2 heterocycles. The largest absolute Gasteiger partial charge is 0.250 e. The van der Waals surface area contributed by atoms with Crippen LogP contribution in [0, 0.1) is 6.92 Å². The van der Waals surface area contributed by atoms with E-state index in [0.29, 0.717) is 5.95 Å². The van der Waals surface area contributed by atoms with Crippen LogP contribution < -0.4 is 0 Å². The molecule has 5 heteroatoms. The summed E-state index contributed by atoms with van der Waals surface area (Å²) in [5, 5.41) is 4.09. The first-order valence-corrected chi connectivity index (χ1v) is 4.54. The minimum atomic E-state index is 0.580. The SMILES string of the molecule is Cc1cnn(-c2ncc(Br)cn2)c1. The molecule has 0 amide bonds. The van der Waals surface area contributed by atoms with Crippen molar-refractivity contribution in [3.8, 4) is 5.95 Å². The Bertz CT molecular complexity index is 406. The highest BCUT2D eigenvalue weighted by Gasteiger charge is 1.99. The number of halogens is 1. The van der Waals surface area contributed by atoms with Gasteiger partial charge in [0.05, 0.1) is 10.7 Å². The third-order valence-corrected chi connectivity index (χ3v) is 1.93. The van der Waals surface area contributed by atoms with Crippen LogP contribution in [0.3, 0.4) is 0 Å².